The van der Waals surface area contributed by atoms with Crippen molar-refractivity contribution in [2.75, 3.05) is 32.8 Å². The highest BCUT2D eigenvalue weighted by Crippen LogP contribution is 2.23. The van der Waals surface area contributed by atoms with Crippen LogP contribution in [0.2, 0.25) is 5.02 Å². The van der Waals surface area contributed by atoms with Crippen LogP contribution in [0.5, 0.6) is 0 Å². The van der Waals surface area contributed by atoms with Gasteiger partial charge in [-0.05, 0) is 24.6 Å². The number of morpholine rings is 1. The fourth-order valence-corrected chi connectivity index (χ4v) is 3.10. The Labute approximate surface area is 152 Å². The first kappa shape index (κ1) is 17.9. The Morgan fingerprint density at radius 1 is 1.32 bits per heavy atom. The first-order valence-electron chi connectivity index (χ1n) is 8.38. The van der Waals surface area contributed by atoms with Crippen LogP contribution in [0.15, 0.2) is 34.9 Å². The normalized spacial score (nSPS) is 16.6. The molecule has 0 saturated carbocycles. The third-order valence-electron chi connectivity index (χ3n) is 4.25. The summed E-state index contributed by atoms with van der Waals surface area (Å²) in [6.45, 7) is 5.42. The maximum Gasteiger partial charge on any atom is 0.226 e. The van der Waals surface area contributed by atoms with Crippen molar-refractivity contribution in [1.29, 1.82) is 0 Å². The van der Waals surface area contributed by atoms with Crippen molar-refractivity contribution in [1.82, 2.24) is 15.4 Å². The Bertz CT molecular complexity index is 696. The monoisotopic (exact) mass is 363 g/mol. The molecule has 0 bridgehead atoms. The maximum atomic E-state index is 12.2. The number of ether oxygens (including phenoxy) is 1. The van der Waals surface area contributed by atoms with Crippen molar-refractivity contribution in [3.63, 3.8) is 0 Å². The van der Waals surface area contributed by atoms with Gasteiger partial charge in [-0.1, -0.05) is 28.9 Å². The molecule has 25 heavy (non-hydrogen) atoms. The van der Waals surface area contributed by atoms with E-state index in [1.54, 1.807) is 6.07 Å². The summed E-state index contributed by atoms with van der Waals surface area (Å²) < 4.78 is 10.4. The Hall–Kier alpha value is -1.89. The molecule has 2 aromatic rings. The average molecular weight is 364 g/mol. The average Bonchev–Trinajstić information content (AvgIpc) is 3.02. The number of hydrogen-bond donors (Lipinski definition) is 1. The largest absolute Gasteiger partial charge is 0.379 e. The molecule has 1 aromatic heterocycles. The molecule has 1 N–H and O–H groups in total. The smallest absolute Gasteiger partial charge is 0.226 e. The quantitative estimate of drug-likeness (QED) is 0.853. The zero-order valence-corrected chi connectivity index (χ0v) is 15.0. The van der Waals surface area contributed by atoms with Gasteiger partial charge in [-0.15, -0.1) is 0 Å². The Kier molecular flexibility index (Phi) is 6.07. The van der Waals surface area contributed by atoms with Crippen LogP contribution in [0.25, 0.3) is 0 Å². The Morgan fingerprint density at radius 2 is 2.04 bits per heavy atom. The van der Waals surface area contributed by atoms with Gasteiger partial charge in [0.1, 0.15) is 5.76 Å². The van der Waals surface area contributed by atoms with Gasteiger partial charge in [-0.2, -0.15) is 0 Å². The van der Waals surface area contributed by atoms with E-state index in [1.165, 1.54) is 0 Å². The number of rotatable bonds is 6. The predicted octanol–water partition coefficient (Wildman–Crippen LogP) is 2.37. The number of aromatic nitrogens is 1. The van der Waals surface area contributed by atoms with Crippen molar-refractivity contribution in [3.05, 3.63) is 52.4 Å². The number of hydrogen-bond acceptors (Lipinski definition) is 5. The second-order valence-corrected chi connectivity index (χ2v) is 6.56. The molecule has 1 fully saturated rings. The van der Waals surface area contributed by atoms with Crippen molar-refractivity contribution < 1.29 is 14.1 Å². The maximum absolute atomic E-state index is 12.2. The molecule has 1 aliphatic heterocycles. The number of aryl methyl sites for hydroxylation is 1. The van der Waals surface area contributed by atoms with E-state index in [9.17, 15) is 4.79 Å². The van der Waals surface area contributed by atoms with Gasteiger partial charge in [0.15, 0.2) is 0 Å². The van der Waals surface area contributed by atoms with E-state index in [-0.39, 0.29) is 18.4 Å². The minimum absolute atomic E-state index is 0.0690. The van der Waals surface area contributed by atoms with Crippen molar-refractivity contribution >= 4 is 17.5 Å². The number of nitrogens with one attached hydrogen (secondary N) is 1. The van der Waals surface area contributed by atoms with Gasteiger partial charge in [0.25, 0.3) is 0 Å². The first-order valence-corrected chi connectivity index (χ1v) is 8.76. The van der Waals surface area contributed by atoms with Crippen molar-refractivity contribution in [2.24, 2.45) is 0 Å². The molecule has 3 rings (SSSR count). The molecule has 0 aliphatic carbocycles. The number of nitrogens with zero attached hydrogens (tertiary/aromatic N) is 2. The second-order valence-electron chi connectivity index (χ2n) is 6.13. The van der Waals surface area contributed by atoms with Gasteiger partial charge in [-0.3, -0.25) is 9.69 Å². The van der Waals surface area contributed by atoms with Gasteiger partial charge in [0.05, 0.1) is 31.4 Å². The number of amides is 1. The molecular weight excluding hydrogens is 342 g/mol. The van der Waals surface area contributed by atoms with Crippen LogP contribution in [0.3, 0.4) is 0 Å². The standard InChI is InChI=1S/C18H22ClN3O3/c1-13-10-16(21-25-13)11-18(23)20-12-17(22-6-8-24-9-7-22)14-2-4-15(19)5-3-14/h2-5,10,17H,6-9,11-12H2,1H3,(H,20,23). The number of halogens is 1. The molecule has 0 radical (unpaired) electrons. The van der Waals surface area contributed by atoms with E-state index in [2.05, 4.69) is 15.4 Å². The second kappa shape index (κ2) is 8.47. The topological polar surface area (TPSA) is 67.6 Å². The number of carbonyl (C=O) groups is 1. The molecule has 0 spiro atoms. The minimum Gasteiger partial charge on any atom is -0.379 e. The van der Waals surface area contributed by atoms with Crippen LogP contribution in [0.4, 0.5) is 0 Å². The van der Waals surface area contributed by atoms with Gasteiger partial charge >= 0.3 is 0 Å². The molecule has 1 saturated heterocycles. The van der Waals surface area contributed by atoms with Crippen LogP contribution in [0.1, 0.15) is 23.1 Å². The Balaban J connectivity index is 1.64. The highest BCUT2D eigenvalue weighted by atomic mass is 35.5. The third kappa shape index (κ3) is 5.04. The van der Waals surface area contributed by atoms with E-state index in [4.69, 9.17) is 20.9 Å². The SMILES string of the molecule is Cc1cc(CC(=O)NCC(c2ccc(Cl)cc2)N2CCOCC2)no1. The van der Waals surface area contributed by atoms with Crippen LogP contribution < -0.4 is 5.32 Å². The summed E-state index contributed by atoms with van der Waals surface area (Å²) >= 11 is 6.00. The first-order chi connectivity index (χ1) is 12.1. The van der Waals surface area contributed by atoms with E-state index < -0.39 is 0 Å². The van der Waals surface area contributed by atoms with Gasteiger partial charge in [-0.25, -0.2) is 0 Å². The summed E-state index contributed by atoms with van der Waals surface area (Å²) in [5.74, 6) is 0.635. The minimum atomic E-state index is -0.0690. The van der Waals surface area contributed by atoms with Crippen LogP contribution in [-0.2, 0) is 16.0 Å². The van der Waals surface area contributed by atoms with Gasteiger partial charge < -0.3 is 14.6 Å². The zero-order chi connectivity index (χ0) is 17.6. The lowest BCUT2D eigenvalue weighted by molar-refractivity contribution is -0.120. The predicted molar refractivity (Wildman–Crippen MR) is 94.5 cm³/mol. The van der Waals surface area contributed by atoms with Crippen LogP contribution >= 0.6 is 11.6 Å². The van der Waals surface area contributed by atoms with Crippen molar-refractivity contribution in [3.8, 4) is 0 Å². The molecule has 134 valence electrons. The van der Waals surface area contributed by atoms with Crippen LogP contribution in [0, 0.1) is 6.92 Å². The fourth-order valence-electron chi connectivity index (χ4n) is 2.97. The van der Waals surface area contributed by atoms with E-state index in [1.807, 2.05) is 31.2 Å². The Morgan fingerprint density at radius 3 is 2.68 bits per heavy atom. The molecule has 6 nitrogen and oxygen atoms in total. The van der Waals surface area contributed by atoms with E-state index in [0.29, 0.717) is 36.2 Å². The highest BCUT2D eigenvalue weighted by Gasteiger charge is 2.23. The summed E-state index contributed by atoms with van der Waals surface area (Å²) in [6, 6.07) is 9.64. The molecule has 1 aliphatic rings. The molecule has 7 heteroatoms. The van der Waals surface area contributed by atoms with Gasteiger partial charge in [0, 0.05) is 30.7 Å². The summed E-state index contributed by atoms with van der Waals surface area (Å²) in [6.07, 6.45) is 0.216. The number of benzene rings is 1. The lowest BCUT2D eigenvalue weighted by atomic mass is 10.0. The molecule has 1 aromatic carbocycles. The van der Waals surface area contributed by atoms with E-state index >= 15 is 0 Å². The molecule has 1 atom stereocenters. The van der Waals surface area contributed by atoms with E-state index in [0.717, 1.165) is 18.7 Å². The summed E-state index contributed by atoms with van der Waals surface area (Å²) in [7, 11) is 0. The highest BCUT2D eigenvalue weighted by molar-refractivity contribution is 6.30. The molecule has 2 heterocycles. The van der Waals surface area contributed by atoms with Gasteiger partial charge in [0.2, 0.25) is 5.91 Å². The van der Waals surface area contributed by atoms with Crippen LogP contribution in [-0.4, -0.2) is 48.8 Å². The summed E-state index contributed by atoms with van der Waals surface area (Å²) in [4.78, 5) is 14.6. The van der Waals surface area contributed by atoms with Crippen molar-refractivity contribution in [2.45, 2.75) is 19.4 Å². The molecule has 1 unspecified atom stereocenters. The molecule has 1 amide bonds. The third-order valence-corrected chi connectivity index (χ3v) is 4.50. The lowest BCUT2D eigenvalue weighted by Gasteiger charge is -2.35. The molecular formula is C18H22ClN3O3. The summed E-state index contributed by atoms with van der Waals surface area (Å²) in [5.41, 5.74) is 1.77. The zero-order valence-electron chi connectivity index (χ0n) is 14.2. The summed E-state index contributed by atoms with van der Waals surface area (Å²) in [5, 5.41) is 7.58. The fraction of sp³-hybridized carbons (Fsp3) is 0.444. The number of carbonyl (C=O) groups excluding carboxylic acids is 1. The lowest BCUT2D eigenvalue weighted by Crippen LogP contribution is -2.44.